The van der Waals surface area contributed by atoms with E-state index in [1.165, 1.54) is 45.3 Å². The van der Waals surface area contributed by atoms with Gasteiger partial charge in [-0.15, -0.1) is 10.2 Å². The maximum Gasteiger partial charge on any atom is 0.147 e. The van der Waals surface area contributed by atoms with Gasteiger partial charge in [0.25, 0.3) is 0 Å². The Labute approximate surface area is 109 Å². The summed E-state index contributed by atoms with van der Waals surface area (Å²) < 4.78 is 2.17. The van der Waals surface area contributed by atoms with Gasteiger partial charge in [0, 0.05) is 13.1 Å². The van der Waals surface area contributed by atoms with Crippen LogP contribution in [-0.2, 0) is 13.1 Å². The maximum atomic E-state index is 4.17. The third-order valence-electron chi connectivity index (χ3n) is 4.20. The molecule has 1 aromatic rings. The lowest BCUT2D eigenvalue weighted by molar-refractivity contribution is 0.205. The fourth-order valence-electron chi connectivity index (χ4n) is 3.08. The third-order valence-corrected chi connectivity index (χ3v) is 4.20. The molecule has 1 N–H and O–H groups in total. The molecule has 0 spiro atoms. The SMILES string of the molecule is c1nnc2n1CCN(CCCC1CCCNC1)C2. The summed E-state index contributed by atoms with van der Waals surface area (Å²) in [5.41, 5.74) is 0. The van der Waals surface area contributed by atoms with Gasteiger partial charge in [0.15, 0.2) is 0 Å². The van der Waals surface area contributed by atoms with Crippen LogP contribution in [-0.4, -0.2) is 45.8 Å². The zero-order valence-electron chi connectivity index (χ0n) is 11.0. The van der Waals surface area contributed by atoms with Gasteiger partial charge in [-0.05, 0) is 51.2 Å². The first-order valence-electron chi connectivity index (χ1n) is 7.21. The highest BCUT2D eigenvalue weighted by atomic mass is 15.3. The molecule has 1 atom stereocenters. The average Bonchev–Trinajstić information content (AvgIpc) is 2.87. The zero-order valence-corrected chi connectivity index (χ0v) is 11.0. The Morgan fingerprint density at radius 2 is 2.39 bits per heavy atom. The van der Waals surface area contributed by atoms with Gasteiger partial charge in [0.1, 0.15) is 12.2 Å². The van der Waals surface area contributed by atoms with Crippen molar-refractivity contribution in [2.24, 2.45) is 5.92 Å². The topological polar surface area (TPSA) is 46.0 Å². The predicted octanol–water partition coefficient (Wildman–Crippen LogP) is 0.873. The molecule has 5 nitrogen and oxygen atoms in total. The number of rotatable bonds is 4. The van der Waals surface area contributed by atoms with Gasteiger partial charge < -0.3 is 9.88 Å². The highest BCUT2D eigenvalue weighted by molar-refractivity contribution is 4.89. The van der Waals surface area contributed by atoms with E-state index in [4.69, 9.17) is 0 Å². The third kappa shape index (κ3) is 2.90. The van der Waals surface area contributed by atoms with Gasteiger partial charge in [0.2, 0.25) is 0 Å². The van der Waals surface area contributed by atoms with Crippen molar-refractivity contribution in [2.75, 3.05) is 26.2 Å². The van der Waals surface area contributed by atoms with Crippen LogP contribution in [0.4, 0.5) is 0 Å². The molecule has 3 heterocycles. The second kappa shape index (κ2) is 5.80. The van der Waals surface area contributed by atoms with Crippen molar-refractivity contribution >= 4 is 0 Å². The Morgan fingerprint density at radius 3 is 3.28 bits per heavy atom. The first kappa shape index (κ1) is 12.1. The van der Waals surface area contributed by atoms with E-state index in [0.29, 0.717) is 0 Å². The second-order valence-corrected chi connectivity index (χ2v) is 5.57. The number of hydrogen-bond acceptors (Lipinski definition) is 4. The summed E-state index contributed by atoms with van der Waals surface area (Å²) in [5, 5.41) is 11.6. The quantitative estimate of drug-likeness (QED) is 0.860. The van der Waals surface area contributed by atoms with Gasteiger partial charge in [-0.1, -0.05) is 0 Å². The van der Waals surface area contributed by atoms with E-state index in [1.54, 1.807) is 0 Å². The monoisotopic (exact) mass is 249 g/mol. The second-order valence-electron chi connectivity index (χ2n) is 5.57. The van der Waals surface area contributed by atoms with E-state index in [0.717, 1.165) is 31.4 Å². The minimum absolute atomic E-state index is 0.909. The first-order chi connectivity index (χ1) is 8.92. The summed E-state index contributed by atoms with van der Waals surface area (Å²) in [7, 11) is 0. The van der Waals surface area contributed by atoms with Crippen LogP contribution < -0.4 is 5.32 Å². The molecule has 0 bridgehead atoms. The van der Waals surface area contributed by atoms with Crippen molar-refractivity contribution in [3.05, 3.63) is 12.2 Å². The first-order valence-corrected chi connectivity index (χ1v) is 7.21. The largest absolute Gasteiger partial charge is 0.316 e. The fraction of sp³-hybridized carbons (Fsp3) is 0.846. The van der Waals surface area contributed by atoms with Gasteiger partial charge >= 0.3 is 0 Å². The van der Waals surface area contributed by atoms with Crippen LogP contribution in [0.5, 0.6) is 0 Å². The van der Waals surface area contributed by atoms with Gasteiger partial charge in [-0.25, -0.2) is 0 Å². The highest BCUT2D eigenvalue weighted by Gasteiger charge is 2.18. The number of nitrogens with zero attached hydrogens (tertiary/aromatic N) is 4. The molecule has 100 valence electrons. The molecule has 2 aliphatic rings. The van der Waals surface area contributed by atoms with E-state index in [2.05, 4.69) is 25.0 Å². The van der Waals surface area contributed by atoms with E-state index in [9.17, 15) is 0 Å². The lowest BCUT2D eigenvalue weighted by atomic mass is 9.94. The Balaban J connectivity index is 1.39. The summed E-state index contributed by atoms with van der Waals surface area (Å²) >= 11 is 0. The molecular formula is C13H23N5. The molecule has 1 unspecified atom stereocenters. The number of fused-ring (bicyclic) bond motifs is 1. The molecule has 1 aromatic heterocycles. The molecule has 1 fully saturated rings. The Bertz CT molecular complexity index is 369. The Kier molecular flexibility index (Phi) is 3.90. The van der Waals surface area contributed by atoms with Gasteiger partial charge in [-0.3, -0.25) is 4.90 Å². The minimum Gasteiger partial charge on any atom is -0.316 e. The maximum absolute atomic E-state index is 4.17. The van der Waals surface area contributed by atoms with Crippen molar-refractivity contribution in [1.29, 1.82) is 0 Å². The van der Waals surface area contributed by atoms with E-state index >= 15 is 0 Å². The lowest BCUT2D eigenvalue weighted by Gasteiger charge is -2.28. The smallest absolute Gasteiger partial charge is 0.147 e. The highest BCUT2D eigenvalue weighted by Crippen LogP contribution is 2.17. The molecule has 18 heavy (non-hydrogen) atoms. The number of aromatic nitrogens is 3. The van der Waals surface area contributed by atoms with Crippen LogP contribution in [0.2, 0.25) is 0 Å². The minimum atomic E-state index is 0.909. The summed E-state index contributed by atoms with van der Waals surface area (Å²) in [6, 6.07) is 0. The van der Waals surface area contributed by atoms with Crippen LogP contribution in [0.3, 0.4) is 0 Å². The van der Waals surface area contributed by atoms with E-state index in [-0.39, 0.29) is 0 Å². The van der Waals surface area contributed by atoms with Crippen molar-refractivity contribution in [3.8, 4) is 0 Å². The zero-order chi connectivity index (χ0) is 12.2. The molecule has 5 heteroatoms. The molecular weight excluding hydrogens is 226 g/mol. The van der Waals surface area contributed by atoms with Crippen molar-refractivity contribution < 1.29 is 0 Å². The van der Waals surface area contributed by atoms with Crippen LogP contribution in [0.1, 0.15) is 31.5 Å². The summed E-state index contributed by atoms with van der Waals surface area (Å²) in [4.78, 5) is 2.51. The Morgan fingerprint density at radius 1 is 1.39 bits per heavy atom. The number of hydrogen-bond donors (Lipinski definition) is 1. The summed E-state index contributed by atoms with van der Waals surface area (Å²) in [5.74, 6) is 2.03. The molecule has 0 aliphatic carbocycles. The van der Waals surface area contributed by atoms with Crippen molar-refractivity contribution in [3.63, 3.8) is 0 Å². The van der Waals surface area contributed by atoms with Gasteiger partial charge in [0.05, 0.1) is 6.54 Å². The number of piperidine rings is 1. The van der Waals surface area contributed by atoms with Crippen LogP contribution in [0.15, 0.2) is 6.33 Å². The molecule has 3 rings (SSSR count). The van der Waals surface area contributed by atoms with Crippen LogP contribution in [0, 0.1) is 5.92 Å². The predicted molar refractivity (Wildman–Crippen MR) is 70.1 cm³/mol. The normalized spacial score (nSPS) is 25.0. The lowest BCUT2D eigenvalue weighted by Crippen LogP contribution is -2.35. The molecule has 0 amide bonds. The average molecular weight is 249 g/mol. The summed E-state index contributed by atoms with van der Waals surface area (Å²) in [6.45, 7) is 6.83. The summed E-state index contributed by atoms with van der Waals surface area (Å²) in [6.07, 6.45) is 7.32. The van der Waals surface area contributed by atoms with Gasteiger partial charge in [-0.2, -0.15) is 0 Å². The molecule has 0 saturated carbocycles. The van der Waals surface area contributed by atoms with E-state index in [1.807, 2.05) is 6.33 Å². The molecule has 0 radical (unpaired) electrons. The van der Waals surface area contributed by atoms with Crippen LogP contribution in [0.25, 0.3) is 0 Å². The molecule has 1 saturated heterocycles. The standard InChI is InChI=1S/C13H23N5/c1-3-12(9-14-5-1)4-2-6-17-7-8-18-11-15-16-13(18)10-17/h11-12,14H,1-10H2. The Hall–Kier alpha value is -0.940. The van der Waals surface area contributed by atoms with Crippen molar-refractivity contribution in [1.82, 2.24) is 25.0 Å². The molecule has 2 aliphatic heterocycles. The fourth-order valence-corrected chi connectivity index (χ4v) is 3.08. The van der Waals surface area contributed by atoms with Crippen molar-refractivity contribution in [2.45, 2.75) is 38.8 Å². The van der Waals surface area contributed by atoms with E-state index < -0.39 is 0 Å². The van der Waals surface area contributed by atoms with Crippen LogP contribution >= 0.6 is 0 Å². The molecule has 0 aromatic carbocycles. The number of nitrogens with one attached hydrogen (secondary N) is 1.